The number of hydrogen-bond donors (Lipinski definition) is 1. The fourth-order valence-corrected chi connectivity index (χ4v) is 4.71. The summed E-state index contributed by atoms with van der Waals surface area (Å²) < 4.78 is 5.99. The van der Waals surface area contributed by atoms with Crippen molar-refractivity contribution in [2.75, 3.05) is 26.2 Å². The van der Waals surface area contributed by atoms with Crippen molar-refractivity contribution in [3.8, 4) is 0 Å². The van der Waals surface area contributed by atoms with E-state index in [2.05, 4.69) is 31.0 Å². The van der Waals surface area contributed by atoms with Crippen molar-refractivity contribution in [2.45, 2.75) is 77.5 Å². The van der Waals surface area contributed by atoms with Gasteiger partial charge in [-0.05, 0) is 56.4 Å². The fourth-order valence-electron chi connectivity index (χ4n) is 4.71. The van der Waals surface area contributed by atoms with Crippen molar-refractivity contribution < 1.29 is 4.74 Å². The summed E-state index contributed by atoms with van der Waals surface area (Å²) in [4.78, 5) is 2.71. The van der Waals surface area contributed by atoms with Gasteiger partial charge in [0.2, 0.25) is 0 Å². The lowest BCUT2D eigenvalue weighted by atomic mass is 9.69. The third-order valence-corrected chi connectivity index (χ3v) is 5.78. The van der Waals surface area contributed by atoms with Crippen LogP contribution in [0.2, 0.25) is 0 Å². The van der Waals surface area contributed by atoms with Crippen LogP contribution in [0.4, 0.5) is 0 Å². The zero-order valence-corrected chi connectivity index (χ0v) is 14.2. The Bertz CT molecular complexity index is 332. The van der Waals surface area contributed by atoms with E-state index in [4.69, 9.17) is 4.74 Å². The number of ether oxygens (including phenoxy) is 1. The third-order valence-electron chi connectivity index (χ3n) is 5.78. The fraction of sp³-hybridized carbons (Fsp3) is 1.00. The van der Waals surface area contributed by atoms with E-state index in [-0.39, 0.29) is 0 Å². The average Bonchev–Trinajstić information content (AvgIpc) is 2.76. The number of hydrogen-bond acceptors (Lipinski definition) is 3. The van der Waals surface area contributed by atoms with E-state index in [0.717, 1.165) is 12.0 Å². The molecule has 3 aliphatic rings. The Labute approximate surface area is 130 Å². The number of nitrogens with one attached hydrogen (secondary N) is 1. The molecule has 2 bridgehead atoms. The highest BCUT2D eigenvalue weighted by Gasteiger charge is 2.38. The molecule has 0 spiro atoms. The lowest BCUT2D eigenvalue weighted by Crippen LogP contribution is -2.51. The molecule has 2 heterocycles. The first-order valence-electron chi connectivity index (χ1n) is 9.17. The summed E-state index contributed by atoms with van der Waals surface area (Å²) in [6.07, 6.45) is 8.98. The molecule has 3 fully saturated rings. The first-order chi connectivity index (χ1) is 10.1. The predicted molar refractivity (Wildman–Crippen MR) is 87.5 cm³/mol. The summed E-state index contributed by atoms with van der Waals surface area (Å²) in [5, 5.41) is 3.83. The molecule has 1 N–H and O–H groups in total. The van der Waals surface area contributed by atoms with Gasteiger partial charge in [-0.15, -0.1) is 0 Å². The molecule has 2 aliphatic heterocycles. The van der Waals surface area contributed by atoms with Crippen LogP contribution in [-0.4, -0.2) is 49.3 Å². The number of likely N-dealkylation sites (tertiary alicyclic amines) is 1. The van der Waals surface area contributed by atoms with Gasteiger partial charge in [-0.2, -0.15) is 0 Å². The van der Waals surface area contributed by atoms with Gasteiger partial charge in [0.25, 0.3) is 0 Å². The van der Waals surface area contributed by atoms with Gasteiger partial charge < -0.3 is 10.1 Å². The number of nitrogens with zero attached hydrogens (tertiary/aromatic N) is 1. The van der Waals surface area contributed by atoms with Crippen LogP contribution in [-0.2, 0) is 4.74 Å². The zero-order chi connectivity index (χ0) is 14.9. The van der Waals surface area contributed by atoms with E-state index in [1.807, 2.05) is 0 Å². The minimum absolute atomic E-state index is 0.528. The van der Waals surface area contributed by atoms with E-state index >= 15 is 0 Å². The monoisotopic (exact) mass is 294 g/mol. The molecule has 1 saturated carbocycles. The minimum Gasteiger partial charge on any atom is -0.372 e. The molecule has 0 aromatic rings. The Morgan fingerprint density at radius 2 is 1.86 bits per heavy atom. The largest absolute Gasteiger partial charge is 0.372 e. The molecule has 4 unspecified atom stereocenters. The predicted octanol–water partition coefficient (Wildman–Crippen LogP) is 3.04. The highest BCUT2D eigenvalue weighted by Crippen LogP contribution is 2.39. The first kappa shape index (κ1) is 15.8. The van der Waals surface area contributed by atoms with Gasteiger partial charge in [0, 0.05) is 25.7 Å². The summed E-state index contributed by atoms with van der Waals surface area (Å²) >= 11 is 0. The number of rotatable bonds is 5. The molecule has 21 heavy (non-hydrogen) atoms. The first-order valence-corrected chi connectivity index (χ1v) is 9.17. The molecule has 3 heteroatoms. The molecular weight excluding hydrogens is 260 g/mol. The molecule has 4 atom stereocenters. The summed E-state index contributed by atoms with van der Waals surface area (Å²) in [5.41, 5.74) is 0.528. The normalized spacial score (nSPS) is 39.6. The summed E-state index contributed by atoms with van der Waals surface area (Å²) in [6.45, 7) is 12.0. The Morgan fingerprint density at radius 3 is 2.52 bits per heavy atom. The van der Waals surface area contributed by atoms with E-state index < -0.39 is 0 Å². The van der Waals surface area contributed by atoms with Crippen LogP contribution >= 0.6 is 0 Å². The van der Waals surface area contributed by atoms with Crippen LogP contribution in [0.1, 0.15) is 59.3 Å². The van der Waals surface area contributed by atoms with Crippen molar-refractivity contribution in [2.24, 2.45) is 11.3 Å². The molecular formula is C18H34N2O. The minimum atomic E-state index is 0.528. The lowest BCUT2D eigenvalue weighted by molar-refractivity contribution is -0.0483. The standard InChI is InChI=1S/C18H34N2O/c1-4-9-19-17-7-8-18(2,3)10-14(17)11-20-12-15-5-6-16(13-20)21-15/h14-17,19H,4-13H2,1-3H3. The van der Waals surface area contributed by atoms with Crippen molar-refractivity contribution >= 4 is 0 Å². The number of fused-ring (bicyclic) bond motifs is 2. The Kier molecular flexibility index (Phi) is 4.92. The van der Waals surface area contributed by atoms with Crippen molar-refractivity contribution in [1.82, 2.24) is 10.2 Å². The molecule has 0 aromatic carbocycles. The summed E-state index contributed by atoms with van der Waals surface area (Å²) in [5.74, 6) is 0.817. The van der Waals surface area contributed by atoms with Crippen LogP contribution in [0.5, 0.6) is 0 Å². The smallest absolute Gasteiger partial charge is 0.0707 e. The highest BCUT2D eigenvalue weighted by atomic mass is 16.5. The Hall–Kier alpha value is -0.120. The average molecular weight is 294 g/mol. The topological polar surface area (TPSA) is 24.5 Å². The van der Waals surface area contributed by atoms with Gasteiger partial charge in [0.1, 0.15) is 0 Å². The van der Waals surface area contributed by atoms with Crippen LogP contribution in [0.3, 0.4) is 0 Å². The molecule has 0 amide bonds. The van der Waals surface area contributed by atoms with E-state index in [1.54, 1.807) is 0 Å². The quantitative estimate of drug-likeness (QED) is 0.843. The van der Waals surface area contributed by atoms with E-state index in [1.165, 1.54) is 64.7 Å². The maximum Gasteiger partial charge on any atom is 0.0707 e. The molecule has 0 radical (unpaired) electrons. The maximum atomic E-state index is 5.99. The van der Waals surface area contributed by atoms with E-state index in [0.29, 0.717) is 17.6 Å². The van der Waals surface area contributed by atoms with Gasteiger partial charge in [0.05, 0.1) is 12.2 Å². The van der Waals surface area contributed by atoms with E-state index in [9.17, 15) is 0 Å². The van der Waals surface area contributed by atoms with Gasteiger partial charge in [-0.1, -0.05) is 20.8 Å². The summed E-state index contributed by atoms with van der Waals surface area (Å²) in [6, 6.07) is 0.735. The van der Waals surface area contributed by atoms with Gasteiger partial charge in [-0.25, -0.2) is 0 Å². The SMILES string of the molecule is CCCNC1CCC(C)(C)CC1CN1CC2CCC(C1)O2. The molecule has 122 valence electrons. The number of morpholine rings is 1. The molecule has 0 aromatic heterocycles. The Balaban J connectivity index is 1.59. The molecule has 2 saturated heterocycles. The highest BCUT2D eigenvalue weighted by molar-refractivity contribution is 4.92. The molecule has 3 nitrogen and oxygen atoms in total. The van der Waals surface area contributed by atoms with Gasteiger partial charge in [0.15, 0.2) is 0 Å². The summed E-state index contributed by atoms with van der Waals surface area (Å²) in [7, 11) is 0. The van der Waals surface area contributed by atoms with Crippen LogP contribution in [0.15, 0.2) is 0 Å². The second kappa shape index (κ2) is 6.55. The van der Waals surface area contributed by atoms with Gasteiger partial charge in [-0.3, -0.25) is 4.90 Å². The third kappa shape index (κ3) is 4.00. The molecule has 1 aliphatic carbocycles. The zero-order valence-electron chi connectivity index (χ0n) is 14.2. The maximum absolute atomic E-state index is 5.99. The van der Waals surface area contributed by atoms with Crippen molar-refractivity contribution in [3.05, 3.63) is 0 Å². The lowest BCUT2D eigenvalue weighted by Gasteiger charge is -2.44. The van der Waals surface area contributed by atoms with Crippen LogP contribution in [0, 0.1) is 11.3 Å². The van der Waals surface area contributed by atoms with Crippen LogP contribution in [0.25, 0.3) is 0 Å². The Morgan fingerprint density at radius 1 is 1.14 bits per heavy atom. The van der Waals surface area contributed by atoms with Gasteiger partial charge >= 0.3 is 0 Å². The van der Waals surface area contributed by atoms with Crippen molar-refractivity contribution in [1.29, 1.82) is 0 Å². The second-order valence-electron chi connectivity index (χ2n) is 8.40. The van der Waals surface area contributed by atoms with Crippen LogP contribution < -0.4 is 5.32 Å². The van der Waals surface area contributed by atoms with Crippen molar-refractivity contribution in [3.63, 3.8) is 0 Å². The second-order valence-corrected chi connectivity index (χ2v) is 8.40. The molecule has 3 rings (SSSR count).